The zero-order valence-electron chi connectivity index (χ0n) is 11.4. The lowest BCUT2D eigenvalue weighted by molar-refractivity contribution is -0.133. The van der Waals surface area contributed by atoms with Crippen molar-refractivity contribution in [3.63, 3.8) is 0 Å². The molecule has 0 saturated heterocycles. The third-order valence-corrected chi connectivity index (χ3v) is 3.93. The normalized spacial score (nSPS) is 17.4. The quantitative estimate of drug-likeness (QED) is 0.867. The number of amides is 1. The first kappa shape index (κ1) is 13.9. The highest BCUT2D eigenvalue weighted by atomic mass is 16.3. The van der Waals surface area contributed by atoms with Crippen LogP contribution in [0.4, 0.5) is 0 Å². The van der Waals surface area contributed by atoms with Crippen LogP contribution < -0.4 is 5.73 Å². The topological polar surface area (TPSA) is 66.6 Å². The Kier molecular flexibility index (Phi) is 4.43. The van der Waals surface area contributed by atoms with Crippen molar-refractivity contribution in [3.8, 4) is 5.75 Å². The molecule has 0 aliphatic heterocycles. The number of phenolic OH excluding ortho intramolecular Hbond substituents is 1. The van der Waals surface area contributed by atoms with E-state index in [0.29, 0.717) is 12.5 Å². The van der Waals surface area contributed by atoms with Crippen molar-refractivity contribution < 1.29 is 9.90 Å². The fraction of sp³-hybridized carbons (Fsp3) is 0.533. The number of likely N-dealkylation sites (N-methyl/N-ethyl adjacent to an activating group) is 1. The predicted octanol–water partition coefficient (Wildman–Crippen LogP) is 1.66. The van der Waals surface area contributed by atoms with E-state index in [2.05, 4.69) is 0 Å². The molecule has 1 aromatic rings. The number of benzene rings is 1. The predicted molar refractivity (Wildman–Crippen MR) is 74.8 cm³/mol. The highest BCUT2D eigenvalue weighted by Crippen LogP contribution is 2.23. The molecule has 1 aliphatic carbocycles. The highest BCUT2D eigenvalue weighted by Gasteiger charge is 2.26. The number of rotatable bonds is 4. The summed E-state index contributed by atoms with van der Waals surface area (Å²) in [4.78, 5) is 14.1. The Morgan fingerprint density at radius 2 is 1.95 bits per heavy atom. The Hall–Kier alpha value is -1.55. The molecule has 0 heterocycles. The monoisotopic (exact) mass is 262 g/mol. The number of hydrogen-bond acceptors (Lipinski definition) is 3. The van der Waals surface area contributed by atoms with Crippen LogP contribution >= 0.6 is 0 Å². The maximum absolute atomic E-state index is 12.3. The molecule has 0 spiro atoms. The Labute approximate surface area is 114 Å². The maximum atomic E-state index is 12.3. The van der Waals surface area contributed by atoms with Crippen molar-refractivity contribution in [1.82, 2.24) is 4.90 Å². The molecule has 4 nitrogen and oxygen atoms in total. The fourth-order valence-corrected chi connectivity index (χ4v) is 2.71. The van der Waals surface area contributed by atoms with E-state index in [0.717, 1.165) is 18.4 Å². The molecule has 19 heavy (non-hydrogen) atoms. The zero-order chi connectivity index (χ0) is 13.8. The maximum Gasteiger partial charge on any atom is 0.239 e. The van der Waals surface area contributed by atoms with Gasteiger partial charge in [-0.05, 0) is 37.0 Å². The molecule has 0 bridgehead atoms. The minimum Gasteiger partial charge on any atom is -0.508 e. The molecule has 4 heteroatoms. The summed E-state index contributed by atoms with van der Waals surface area (Å²) >= 11 is 0. The smallest absolute Gasteiger partial charge is 0.239 e. The van der Waals surface area contributed by atoms with Crippen LogP contribution in [0.15, 0.2) is 24.3 Å². The Balaban J connectivity index is 1.93. The Morgan fingerprint density at radius 3 is 2.53 bits per heavy atom. The molecule has 1 aliphatic rings. The van der Waals surface area contributed by atoms with Crippen LogP contribution in [0.3, 0.4) is 0 Å². The number of phenols is 1. The van der Waals surface area contributed by atoms with Gasteiger partial charge in [0.2, 0.25) is 5.91 Å². The van der Waals surface area contributed by atoms with Gasteiger partial charge >= 0.3 is 0 Å². The van der Waals surface area contributed by atoms with Gasteiger partial charge in [-0.1, -0.05) is 25.0 Å². The number of aromatic hydroxyl groups is 1. The van der Waals surface area contributed by atoms with E-state index in [4.69, 9.17) is 5.73 Å². The van der Waals surface area contributed by atoms with E-state index in [1.54, 1.807) is 24.3 Å². The molecular weight excluding hydrogens is 240 g/mol. The Morgan fingerprint density at radius 1 is 1.37 bits per heavy atom. The van der Waals surface area contributed by atoms with Crippen LogP contribution in [-0.2, 0) is 11.2 Å². The van der Waals surface area contributed by atoms with Crippen LogP contribution in [0, 0.1) is 0 Å². The van der Waals surface area contributed by atoms with Gasteiger partial charge in [-0.3, -0.25) is 4.79 Å². The van der Waals surface area contributed by atoms with Gasteiger partial charge in [-0.25, -0.2) is 0 Å². The number of carbonyl (C=O) groups excluding carboxylic acids is 1. The van der Waals surface area contributed by atoms with Crippen LogP contribution in [0.1, 0.15) is 31.2 Å². The van der Waals surface area contributed by atoms with Gasteiger partial charge in [-0.2, -0.15) is 0 Å². The molecule has 1 atom stereocenters. The molecule has 2 rings (SSSR count). The summed E-state index contributed by atoms with van der Waals surface area (Å²) in [5, 5.41) is 9.23. The van der Waals surface area contributed by atoms with Gasteiger partial charge in [0.05, 0.1) is 6.04 Å². The van der Waals surface area contributed by atoms with Crippen LogP contribution in [0.25, 0.3) is 0 Å². The van der Waals surface area contributed by atoms with E-state index in [9.17, 15) is 9.90 Å². The number of nitrogens with zero attached hydrogens (tertiary/aromatic N) is 1. The van der Waals surface area contributed by atoms with Gasteiger partial charge in [0.25, 0.3) is 0 Å². The van der Waals surface area contributed by atoms with E-state index >= 15 is 0 Å². The molecule has 1 amide bonds. The molecule has 1 aromatic carbocycles. The first-order chi connectivity index (χ1) is 9.08. The molecule has 0 unspecified atom stereocenters. The van der Waals surface area contributed by atoms with Crippen molar-refractivity contribution in [2.24, 2.45) is 5.73 Å². The third-order valence-electron chi connectivity index (χ3n) is 3.93. The molecule has 1 fully saturated rings. The lowest BCUT2D eigenvalue weighted by atomic mass is 10.0. The van der Waals surface area contributed by atoms with E-state index in [1.165, 1.54) is 12.8 Å². The minimum absolute atomic E-state index is 0.0139. The summed E-state index contributed by atoms with van der Waals surface area (Å²) in [7, 11) is 1.86. The molecule has 1 saturated carbocycles. The summed E-state index contributed by atoms with van der Waals surface area (Å²) in [6, 6.07) is 6.70. The van der Waals surface area contributed by atoms with Crippen molar-refractivity contribution in [2.45, 2.75) is 44.2 Å². The van der Waals surface area contributed by atoms with E-state index < -0.39 is 6.04 Å². The third kappa shape index (κ3) is 3.47. The van der Waals surface area contributed by atoms with Crippen molar-refractivity contribution in [1.29, 1.82) is 0 Å². The van der Waals surface area contributed by atoms with Crippen LogP contribution in [0.2, 0.25) is 0 Å². The molecule has 0 radical (unpaired) electrons. The summed E-state index contributed by atoms with van der Waals surface area (Å²) in [6.45, 7) is 0. The average Bonchev–Trinajstić information content (AvgIpc) is 2.93. The van der Waals surface area contributed by atoms with Crippen LogP contribution in [-0.4, -0.2) is 35.0 Å². The summed E-state index contributed by atoms with van der Waals surface area (Å²) in [5.41, 5.74) is 6.97. The molecule has 0 aromatic heterocycles. The highest BCUT2D eigenvalue weighted by molar-refractivity contribution is 5.82. The largest absolute Gasteiger partial charge is 0.508 e. The lowest BCUT2D eigenvalue weighted by Crippen LogP contribution is -2.46. The van der Waals surface area contributed by atoms with Gasteiger partial charge in [-0.15, -0.1) is 0 Å². The van der Waals surface area contributed by atoms with Crippen molar-refractivity contribution in [3.05, 3.63) is 29.8 Å². The molecule has 104 valence electrons. The second-order valence-corrected chi connectivity index (χ2v) is 5.36. The zero-order valence-corrected chi connectivity index (χ0v) is 11.4. The standard InChI is InChI=1S/C15H22N2O2/c1-17(12-4-2-3-5-12)15(19)14(16)10-11-6-8-13(18)9-7-11/h6-9,12,14,18H,2-5,10,16H2,1H3/t14-/m1/s1. The second kappa shape index (κ2) is 6.06. The first-order valence-electron chi connectivity index (χ1n) is 6.88. The van der Waals surface area contributed by atoms with Gasteiger partial charge < -0.3 is 15.7 Å². The SMILES string of the molecule is CN(C(=O)[C@H](N)Cc1ccc(O)cc1)C1CCCC1. The number of carbonyl (C=O) groups is 1. The van der Waals surface area contributed by atoms with Crippen molar-refractivity contribution >= 4 is 5.91 Å². The second-order valence-electron chi connectivity index (χ2n) is 5.36. The lowest BCUT2D eigenvalue weighted by Gasteiger charge is -2.27. The van der Waals surface area contributed by atoms with Crippen molar-refractivity contribution in [2.75, 3.05) is 7.05 Å². The summed E-state index contributed by atoms with van der Waals surface area (Å²) in [6.07, 6.45) is 5.10. The summed E-state index contributed by atoms with van der Waals surface area (Å²) < 4.78 is 0. The minimum atomic E-state index is -0.504. The van der Waals surface area contributed by atoms with E-state index in [-0.39, 0.29) is 11.7 Å². The first-order valence-corrected chi connectivity index (χ1v) is 6.88. The van der Waals surface area contributed by atoms with Crippen LogP contribution in [0.5, 0.6) is 5.75 Å². The van der Waals surface area contributed by atoms with Gasteiger partial charge in [0.15, 0.2) is 0 Å². The number of hydrogen-bond donors (Lipinski definition) is 2. The average molecular weight is 262 g/mol. The fourth-order valence-electron chi connectivity index (χ4n) is 2.71. The Bertz CT molecular complexity index is 424. The van der Waals surface area contributed by atoms with Gasteiger partial charge in [0, 0.05) is 13.1 Å². The molecular formula is C15H22N2O2. The molecule has 3 N–H and O–H groups in total. The van der Waals surface area contributed by atoms with Gasteiger partial charge in [0.1, 0.15) is 5.75 Å². The van der Waals surface area contributed by atoms with E-state index in [1.807, 2.05) is 11.9 Å². The summed E-state index contributed by atoms with van der Waals surface area (Å²) in [5.74, 6) is 0.242. The number of nitrogens with two attached hydrogens (primary N) is 1.